The van der Waals surface area contributed by atoms with E-state index in [4.69, 9.17) is 0 Å². The number of fused-ring (bicyclic) bond motifs is 1. The Bertz CT molecular complexity index is 504. The first-order chi connectivity index (χ1) is 7.27. The molecule has 0 bridgehead atoms. The van der Waals surface area contributed by atoms with E-state index in [0.717, 1.165) is 5.69 Å². The lowest BCUT2D eigenvalue weighted by Gasteiger charge is -2.05. The fourth-order valence-corrected chi connectivity index (χ4v) is 1.40. The third-order valence-electron chi connectivity index (χ3n) is 2.15. The van der Waals surface area contributed by atoms with Gasteiger partial charge < -0.3 is 10.6 Å². The molecular formula is C9H11N5O. The molecule has 0 saturated heterocycles. The van der Waals surface area contributed by atoms with Crippen molar-refractivity contribution < 1.29 is 4.79 Å². The van der Waals surface area contributed by atoms with Crippen molar-refractivity contribution in [3.63, 3.8) is 0 Å². The van der Waals surface area contributed by atoms with Crippen molar-refractivity contribution in [1.29, 1.82) is 0 Å². The van der Waals surface area contributed by atoms with Gasteiger partial charge in [0, 0.05) is 14.1 Å². The van der Waals surface area contributed by atoms with Gasteiger partial charge in [0.05, 0.1) is 5.69 Å². The Labute approximate surface area is 86.3 Å². The number of pyridine rings is 1. The molecule has 0 saturated carbocycles. The summed E-state index contributed by atoms with van der Waals surface area (Å²) in [7, 11) is 3.38. The van der Waals surface area contributed by atoms with Crippen LogP contribution >= 0.6 is 0 Å². The number of hydrogen-bond donors (Lipinski definition) is 2. The third-order valence-corrected chi connectivity index (χ3v) is 2.15. The van der Waals surface area contributed by atoms with E-state index in [1.54, 1.807) is 26.2 Å². The third kappa shape index (κ3) is 1.39. The van der Waals surface area contributed by atoms with Crippen LogP contribution in [-0.2, 0) is 0 Å². The molecule has 0 unspecified atom stereocenters. The average molecular weight is 205 g/mol. The molecule has 0 fully saturated rings. The van der Waals surface area contributed by atoms with Crippen LogP contribution in [0.4, 0.5) is 5.69 Å². The molecule has 15 heavy (non-hydrogen) atoms. The highest BCUT2D eigenvalue weighted by atomic mass is 16.1. The standard InChI is InChI=1S/C9H11N5O/c1-10-6-3-4-7(9(15)11-2)14-8(6)12-5-13-14/h3-5,10H,1-2H3,(H,11,15). The number of nitrogens with one attached hydrogen (secondary N) is 2. The van der Waals surface area contributed by atoms with Crippen LogP contribution in [0, 0.1) is 0 Å². The van der Waals surface area contributed by atoms with Crippen LogP contribution < -0.4 is 10.6 Å². The Morgan fingerprint density at radius 3 is 2.87 bits per heavy atom. The van der Waals surface area contributed by atoms with Crippen molar-refractivity contribution in [1.82, 2.24) is 19.9 Å². The van der Waals surface area contributed by atoms with Crippen LogP contribution in [0.15, 0.2) is 18.5 Å². The number of carbonyl (C=O) groups is 1. The molecule has 2 aromatic rings. The van der Waals surface area contributed by atoms with Gasteiger partial charge in [-0.25, -0.2) is 9.50 Å². The second-order valence-electron chi connectivity index (χ2n) is 2.96. The molecule has 2 heterocycles. The zero-order valence-corrected chi connectivity index (χ0v) is 8.48. The van der Waals surface area contributed by atoms with E-state index in [1.165, 1.54) is 10.8 Å². The maximum Gasteiger partial charge on any atom is 0.269 e. The van der Waals surface area contributed by atoms with Gasteiger partial charge in [-0.05, 0) is 12.1 Å². The molecule has 6 nitrogen and oxygen atoms in total. The summed E-state index contributed by atoms with van der Waals surface area (Å²) >= 11 is 0. The minimum Gasteiger partial charge on any atom is -0.385 e. The van der Waals surface area contributed by atoms with Crippen molar-refractivity contribution in [2.24, 2.45) is 0 Å². The SMILES string of the molecule is CNC(=O)c1ccc(NC)c2ncnn12. The predicted molar refractivity (Wildman–Crippen MR) is 55.9 cm³/mol. The fourth-order valence-electron chi connectivity index (χ4n) is 1.40. The normalized spacial score (nSPS) is 10.3. The van der Waals surface area contributed by atoms with Gasteiger partial charge in [0.25, 0.3) is 5.91 Å². The maximum absolute atomic E-state index is 11.5. The van der Waals surface area contributed by atoms with Crippen molar-refractivity contribution in [3.8, 4) is 0 Å². The summed E-state index contributed by atoms with van der Waals surface area (Å²) in [5.41, 5.74) is 1.93. The molecule has 0 aliphatic carbocycles. The lowest BCUT2D eigenvalue weighted by atomic mass is 10.3. The summed E-state index contributed by atoms with van der Waals surface area (Å²) in [6, 6.07) is 3.50. The van der Waals surface area contributed by atoms with E-state index in [2.05, 4.69) is 20.7 Å². The zero-order chi connectivity index (χ0) is 10.8. The lowest BCUT2D eigenvalue weighted by Crippen LogP contribution is -2.21. The molecule has 6 heteroatoms. The van der Waals surface area contributed by atoms with Crippen LogP contribution in [0.25, 0.3) is 5.65 Å². The van der Waals surface area contributed by atoms with Gasteiger partial charge in [-0.1, -0.05) is 0 Å². The molecule has 0 radical (unpaired) electrons. The molecule has 78 valence electrons. The van der Waals surface area contributed by atoms with Crippen LogP contribution in [0.1, 0.15) is 10.5 Å². The minimum atomic E-state index is -0.187. The summed E-state index contributed by atoms with van der Waals surface area (Å²) in [6.07, 6.45) is 1.42. The minimum absolute atomic E-state index is 0.187. The van der Waals surface area contributed by atoms with Crippen molar-refractivity contribution in [2.75, 3.05) is 19.4 Å². The first-order valence-electron chi connectivity index (χ1n) is 4.50. The predicted octanol–water partition coefficient (Wildman–Crippen LogP) is 0.131. The molecule has 0 aliphatic heterocycles. The van der Waals surface area contributed by atoms with Crippen LogP contribution in [0.5, 0.6) is 0 Å². The molecule has 2 rings (SSSR count). The van der Waals surface area contributed by atoms with Crippen LogP contribution in [0.3, 0.4) is 0 Å². The smallest absolute Gasteiger partial charge is 0.269 e. The van der Waals surface area contributed by atoms with E-state index in [-0.39, 0.29) is 5.91 Å². The van der Waals surface area contributed by atoms with Gasteiger partial charge in [-0.15, -0.1) is 0 Å². The number of hydrogen-bond acceptors (Lipinski definition) is 4. The number of amides is 1. The van der Waals surface area contributed by atoms with E-state index in [0.29, 0.717) is 11.3 Å². The van der Waals surface area contributed by atoms with Crippen LogP contribution in [0.2, 0.25) is 0 Å². The lowest BCUT2D eigenvalue weighted by molar-refractivity contribution is 0.0956. The second kappa shape index (κ2) is 3.56. The fraction of sp³-hybridized carbons (Fsp3) is 0.222. The molecule has 0 spiro atoms. The highest BCUT2D eigenvalue weighted by Crippen LogP contribution is 2.15. The first-order valence-corrected chi connectivity index (χ1v) is 4.50. The molecular weight excluding hydrogens is 194 g/mol. The number of carbonyl (C=O) groups excluding carboxylic acids is 1. The van der Waals surface area contributed by atoms with Gasteiger partial charge >= 0.3 is 0 Å². The summed E-state index contributed by atoms with van der Waals surface area (Å²) in [6.45, 7) is 0. The second-order valence-corrected chi connectivity index (χ2v) is 2.96. The van der Waals surface area contributed by atoms with Gasteiger partial charge in [0.1, 0.15) is 12.0 Å². The molecule has 0 atom stereocenters. The van der Waals surface area contributed by atoms with Crippen LogP contribution in [-0.4, -0.2) is 34.6 Å². The van der Waals surface area contributed by atoms with Crippen molar-refractivity contribution in [2.45, 2.75) is 0 Å². The van der Waals surface area contributed by atoms with Crippen molar-refractivity contribution >= 4 is 17.2 Å². The van der Waals surface area contributed by atoms with Gasteiger partial charge in [-0.2, -0.15) is 5.10 Å². The summed E-state index contributed by atoms with van der Waals surface area (Å²) < 4.78 is 1.50. The molecule has 2 N–H and O–H groups in total. The monoisotopic (exact) mass is 205 g/mol. The Kier molecular flexibility index (Phi) is 2.24. The van der Waals surface area contributed by atoms with E-state index in [1.807, 2.05) is 0 Å². The zero-order valence-electron chi connectivity index (χ0n) is 8.48. The maximum atomic E-state index is 11.5. The highest BCUT2D eigenvalue weighted by Gasteiger charge is 2.11. The molecule has 0 aliphatic rings. The quantitative estimate of drug-likeness (QED) is 0.731. The topological polar surface area (TPSA) is 71.3 Å². The van der Waals surface area contributed by atoms with E-state index >= 15 is 0 Å². The van der Waals surface area contributed by atoms with Gasteiger partial charge in [0.2, 0.25) is 0 Å². The van der Waals surface area contributed by atoms with E-state index in [9.17, 15) is 4.79 Å². The molecule has 0 aromatic carbocycles. The largest absolute Gasteiger partial charge is 0.385 e. The van der Waals surface area contributed by atoms with Crippen molar-refractivity contribution in [3.05, 3.63) is 24.2 Å². The van der Waals surface area contributed by atoms with Gasteiger partial charge in [0.15, 0.2) is 5.65 Å². The number of anilines is 1. The summed E-state index contributed by atoms with van der Waals surface area (Å²) in [4.78, 5) is 15.6. The Morgan fingerprint density at radius 2 is 2.20 bits per heavy atom. The summed E-state index contributed by atoms with van der Waals surface area (Å²) in [5, 5.41) is 9.54. The number of nitrogens with zero attached hydrogens (tertiary/aromatic N) is 3. The molecule has 1 amide bonds. The van der Waals surface area contributed by atoms with Gasteiger partial charge in [-0.3, -0.25) is 4.79 Å². The Hall–Kier alpha value is -2.11. The summed E-state index contributed by atoms with van der Waals surface area (Å²) in [5.74, 6) is -0.187. The Morgan fingerprint density at radius 1 is 1.40 bits per heavy atom. The number of aromatic nitrogens is 3. The Balaban J connectivity index is 2.68. The van der Waals surface area contributed by atoms with E-state index < -0.39 is 0 Å². The molecule has 2 aromatic heterocycles. The number of rotatable bonds is 2. The average Bonchev–Trinajstić information content (AvgIpc) is 2.75. The first kappa shape index (κ1) is 9.45. The highest BCUT2D eigenvalue weighted by molar-refractivity contribution is 5.93.